The molecule has 4 heteroatoms. The van der Waals surface area contributed by atoms with Crippen LogP contribution >= 0.6 is 0 Å². The Kier molecular flexibility index (Phi) is 3.87. The van der Waals surface area contributed by atoms with Gasteiger partial charge in [-0.3, -0.25) is 0 Å². The molecule has 0 aliphatic carbocycles. The Labute approximate surface area is 110 Å². The summed E-state index contributed by atoms with van der Waals surface area (Å²) in [5, 5.41) is 5.73. The highest BCUT2D eigenvalue weighted by atomic mass is 28.3. The Bertz CT molecular complexity index is 528. The van der Waals surface area contributed by atoms with Crippen LogP contribution in [0.5, 0.6) is 0 Å². The third-order valence-corrected chi connectivity index (χ3v) is 4.71. The molecule has 0 fully saturated rings. The minimum absolute atomic E-state index is 0.554. The zero-order chi connectivity index (χ0) is 13.2. The molecule has 0 bridgehead atoms. The quantitative estimate of drug-likeness (QED) is 0.607. The van der Waals surface area contributed by atoms with Gasteiger partial charge in [0.1, 0.15) is 6.73 Å². The second-order valence-corrected chi connectivity index (χ2v) is 11.7. The lowest BCUT2D eigenvalue weighted by atomic mass is 10.2. The molecule has 18 heavy (non-hydrogen) atoms. The topological polar surface area (TPSA) is 27.1 Å². The van der Waals surface area contributed by atoms with Crippen LogP contribution < -0.4 is 0 Å². The summed E-state index contributed by atoms with van der Waals surface area (Å²) >= 11 is 0. The van der Waals surface area contributed by atoms with Crippen LogP contribution in [0.3, 0.4) is 0 Å². The van der Waals surface area contributed by atoms with E-state index in [9.17, 15) is 0 Å². The van der Waals surface area contributed by atoms with Gasteiger partial charge in [0.15, 0.2) is 0 Å². The fraction of sp³-hybridized carbons (Fsp3) is 0.500. The first-order valence-corrected chi connectivity index (χ1v) is 10.2. The molecule has 98 valence electrons. The van der Waals surface area contributed by atoms with Crippen LogP contribution in [0.1, 0.15) is 5.56 Å². The molecule has 2 aromatic rings. The molecular weight excluding hydrogens is 240 g/mol. The molecule has 0 unspecified atom stereocenters. The van der Waals surface area contributed by atoms with Crippen LogP contribution in [0.4, 0.5) is 0 Å². The Morgan fingerprint density at radius 1 is 1.28 bits per heavy atom. The van der Waals surface area contributed by atoms with Crippen molar-refractivity contribution in [1.29, 1.82) is 0 Å². The van der Waals surface area contributed by atoms with E-state index in [0.717, 1.165) is 12.1 Å². The molecule has 0 spiro atoms. The summed E-state index contributed by atoms with van der Waals surface area (Å²) in [6.07, 6.45) is 2.05. The summed E-state index contributed by atoms with van der Waals surface area (Å²) in [5.41, 5.74) is 2.29. The first kappa shape index (κ1) is 13.3. The van der Waals surface area contributed by atoms with Crippen LogP contribution in [0, 0.1) is 6.92 Å². The van der Waals surface area contributed by atoms with Gasteiger partial charge >= 0.3 is 0 Å². The minimum Gasteiger partial charge on any atom is -0.360 e. The number of ether oxygens (including phenoxy) is 1. The van der Waals surface area contributed by atoms with Crippen molar-refractivity contribution in [2.75, 3.05) is 6.61 Å². The number of hydrogen-bond acceptors (Lipinski definition) is 2. The van der Waals surface area contributed by atoms with Crippen molar-refractivity contribution in [1.82, 2.24) is 9.78 Å². The molecule has 0 saturated heterocycles. The van der Waals surface area contributed by atoms with Crippen LogP contribution in [0.25, 0.3) is 10.9 Å². The lowest BCUT2D eigenvalue weighted by Gasteiger charge is -2.15. The summed E-state index contributed by atoms with van der Waals surface area (Å²) < 4.78 is 7.59. The van der Waals surface area contributed by atoms with E-state index in [1.807, 2.05) is 4.68 Å². The molecule has 0 aliphatic heterocycles. The Hall–Kier alpha value is -1.13. The highest BCUT2D eigenvalue weighted by Crippen LogP contribution is 2.16. The lowest BCUT2D eigenvalue weighted by molar-refractivity contribution is 0.0791. The van der Waals surface area contributed by atoms with Crippen molar-refractivity contribution >= 4 is 19.0 Å². The minimum atomic E-state index is -0.991. The van der Waals surface area contributed by atoms with Crippen LogP contribution in [-0.4, -0.2) is 24.5 Å². The van der Waals surface area contributed by atoms with E-state index in [0.29, 0.717) is 6.73 Å². The van der Waals surface area contributed by atoms with Crippen molar-refractivity contribution < 1.29 is 4.74 Å². The number of hydrogen-bond donors (Lipinski definition) is 0. The molecule has 0 N–H and O–H groups in total. The van der Waals surface area contributed by atoms with Crippen LogP contribution in [0.2, 0.25) is 25.7 Å². The SMILES string of the molecule is Cc1cccc2cn(COCC[Si](C)(C)C)nc12. The summed E-state index contributed by atoms with van der Waals surface area (Å²) in [7, 11) is -0.991. The number of aryl methyl sites for hydroxylation is 1. The van der Waals surface area contributed by atoms with E-state index in [1.165, 1.54) is 17.0 Å². The summed E-state index contributed by atoms with van der Waals surface area (Å²) in [6.45, 7) is 10.6. The fourth-order valence-electron chi connectivity index (χ4n) is 1.84. The Balaban J connectivity index is 1.94. The van der Waals surface area contributed by atoms with Crippen molar-refractivity contribution in [2.45, 2.75) is 39.3 Å². The maximum absolute atomic E-state index is 5.70. The van der Waals surface area contributed by atoms with E-state index in [2.05, 4.69) is 56.1 Å². The highest BCUT2D eigenvalue weighted by molar-refractivity contribution is 6.76. The first-order valence-electron chi connectivity index (χ1n) is 6.46. The van der Waals surface area contributed by atoms with Gasteiger partial charge < -0.3 is 4.74 Å². The van der Waals surface area contributed by atoms with Crippen molar-refractivity contribution in [3.63, 3.8) is 0 Å². The van der Waals surface area contributed by atoms with Gasteiger partial charge in [-0.25, -0.2) is 4.68 Å². The van der Waals surface area contributed by atoms with Gasteiger partial charge in [0.2, 0.25) is 0 Å². The molecule has 0 amide bonds. The summed E-state index contributed by atoms with van der Waals surface area (Å²) in [4.78, 5) is 0. The van der Waals surface area contributed by atoms with E-state index in [-0.39, 0.29) is 0 Å². The molecule has 0 aliphatic rings. The largest absolute Gasteiger partial charge is 0.360 e. The molecule has 2 rings (SSSR count). The monoisotopic (exact) mass is 262 g/mol. The smallest absolute Gasteiger partial charge is 0.139 e. The van der Waals surface area contributed by atoms with E-state index >= 15 is 0 Å². The second kappa shape index (κ2) is 5.24. The zero-order valence-corrected chi connectivity index (χ0v) is 12.7. The highest BCUT2D eigenvalue weighted by Gasteiger charge is 2.12. The van der Waals surface area contributed by atoms with Gasteiger partial charge in [-0.15, -0.1) is 0 Å². The van der Waals surface area contributed by atoms with E-state index in [1.54, 1.807) is 0 Å². The average molecular weight is 262 g/mol. The maximum atomic E-state index is 5.70. The normalized spacial score (nSPS) is 12.2. The number of rotatable bonds is 5. The Morgan fingerprint density at radius 2 is 2.06 bits per heavy atom. The lowest BCUT2D eigenvalue weighted by Crippen LogP contribution is -2.22. The van der Waals surface area contributed by atoms with E-state index in [4.69, 9.17) is 4.74 Å². The molecule has 0 atom stereocenters. The summed E-state index contributed by atoms with van der Waals surface area (Å²) in [5.74, 6) is 0. The fourth-order valence-corrected chi connectivity index (χ4v) is 2.60. The molecule has 0 radical (unpaired) electrons. The molecule has 1 aromatic carbocycles. The Morgan fingerprint density at radius 3 is 2.72 bits per heavy atom. The number of benzene rings is 1. The third-order valence-electron chi connectivity index (χ3n) is 3.01. The number of nitrogens with zero attached hydrogens (tertiary/aromatic N) is 2. The van der Waals surface area contributed by atoms with Crippen molar-refractivity contribution in [2.24, 2.45) is 0 Å². The van der Waals surface area contributed by atoms with Gasteiger partial charge in [0.25, 0.3) is 0 Å². The second-order valence-electron chi connectivity index (χ2n) is 6.03. The molecule has 1 heterocycles. The molecule has 3 nitrogen and oxygen atoms in total. The van der Waals surface area contributed by atoms with Gasteiger partial charge in [-0.2, -0.15) is 5.10 Å². The maximum Gasteiger partial charge on any atom is 0.139 e. The predicted octanol–water partition coefficient (Wildman–Crippen LogP) is 3.66. The molecule has 1 aromatic heterocycles. The van der Waals surface area contributed by atoms with Crippen LogP contribution in [0.15, 0.2) is 24.4 Å². The number of aromatic nitrogens is 2. The zero-order valence-electron chi connectivity index (χ0n) is 11.7. The van der Waals surface area contributed by atoms with Crippen molar-refractivity contribution in [3.05, 3.63) is 30.0 Å². The first-order chi connectivity index (χ1) is 8.46. The predicted molar refractivity (Wildman–Crippen MR) is 78.6 cm³/mol. The average Bonchev–Trinajstić information content (AvgIpc) is 2.68. The van der Waals surface area contributed by atoms with Gasteiger partial charge in [0.05, 0.1) is 5.52 Å². The van der Waals surface area contributed by atoms with Gasteiger partial charge in [-0.1, -0.05) is 37.8 Å². The van der Waals surface area contributed by atoms with Gasteiger partial charge in [0, 0.05) is 26.3 Å². The third kappa shape index (κ3) is 3.43. The van der Waals surface area contributed by atoms with Crippen LogP contribution in [-0.2, 0) is 11.5 Å². The molecular formula is C14H22N2OSi. The summed E-state index contributed by atoms with van der Waals surface area (Å²) in [6, 6.07) is 7.45. The number of fused-ring (bicyclic) bond motifs is 1. The molecule has 0 saturated carbocycles. The van der Waals surface area contributed by atoms with Crippen molar-refractivity contribution in [3.8, 4) is 0 Å². The van der Waals surface area contributed by atoms with Gasteiger partial charge in [-0.05, 0) is 18.5 Å². The van der Waals surface area contributed by atoms with E-state index < -0.39 is 8.07 Å². The standard InChI is InChI=1S/C14H22N2OSi/c1-12-6-5-7-13-10-16(15-14(12)13)11-17-8-9-18(2,3)4/h5-7,10H,8-9,11H2,1-4H3.